The van der Waals surface area contributed by atoms with E-state index in [-0.39, 0.29) is 18.1 Å². The maximum atomic E-state index is 12.6. The van der Waals surface area contributed by atoms with Crippen molar-refractivity contribution in [3.63, 3.8) is 0 Å². The highest BCUT2D eigenvalue weighted by molar-refractivity contribution is 7.07. The van der Waals surface area contributed by atoms with Crippen LogP contribution in [0.1, 0.15) is 36.2 Å². The normalized spacial score (nSPS) is 31.3. The van der Waals surface area contributed by atoms with Crippen molar-refractivity contribution in [1.29, 1.82) is 0 Å². The molecule has 6 heteroatoms. The average Bonchev–Trinajstić information content (AvgIpc) is 3.04. The summed E-state index contributed by atoms with van der Waals surface area (Å²) in [4.78, 5) is 18.7. The first-order valence-electron chi connectivity index (χ1n) is 8.20. The van der Waals surface area contributed by atoms with Crippen molar-refractivity contribution in [2.24, 2.45) is 11.8 Å². The second-order valence-corrected chi connectivity index (χ2v) is 7.39. The molecule has 4 rings (SSSR count). The minimum absolute atomic E-state index is 0.0547. The SMILES string of the molecule is O=C(c1cscn1)N1CCOC2CC(COCC3CC3)CC21. The van der Waals surface area contributed by atoms with Crippen molar-refractivity contribution < 1.29 is 14.3 Å². The molecule has 120 valence electrons. The molecular formula is C16H22N2O3S. The van der Waals surface area contributed by atoms with Crippen molar-refractivity contribution in [3.8, 4) is 0 Å². The Bertz CT molecular complexity index is 517. The fourth-order valence-corrected chi connectivity index (χ4v) is 4.12. The van der Waals surface area contributed by atoms with Crippen molar-refractivity contribution in [2.75, 3.05) is 26.4 Å². The van der Waals surface area contributed by atoms with Crippen molar-refractivity contribution >= 4 is 17.2 Å². The van der Waals surface area contributed by atoms with Gasteiger partial charge in [0.1, 0.15) is 5.69 Å². The summed E-state index contributed by atoms with van der Waals surface area (Å²) in [6.45, 7) is 3.03. The summed E-state index contributed by atoms with van der Waals surface area (Å²) in [7, 11) is 0. The lowest BCUT2D eigenvalue weighted by molar-refractivity contribution is -0.0451. The number of rotatable bonds is 5. The minimum Gasteiger partial charge on any atom is -0.381 e. The van der Waals surface area contributed by atoms with Crippen LogP contribution in [0.4, 0.5) is 0 Å². The highest BCUT2D eigenvalue weighted by Gasteiger charge is 2.43. The van der Waals surface area contributed by atoms with Crippen LogP contribution in [-0.2, 0) is 9.47 Å². The number of aromatic nitrogens is 1. The van der Waals surface area contributed by atoms with Crippen LogP contribution < -0.4 is 0 Å². The number of hydrogen-bond acceptors (Lipinski definition) is 5. The van der Waals surface area contributed by atoms with E-state index >= 15 is 0 Å². The zero-order chi connectivity index (χ0) is 14.9. The summed E-state index contributed by atoms with van der Waals surface area (Å²) >= 11 is 1.47. The fourth-order valence-electron chi connectivity index (χ4n) is 3.59. The van der Waals surface area contributed by atoms with Gasteiger partial charge in [0, 0.05) is 25.1 Å². The molecule has 3 aliphatic rings. The Morgan fingerprint density at radius 1 is 1.36 bits per heavy atom. The minimum atomic E-state index is 0.0547. The van der Waals surface area contributed by atoms with Crippen molar-refractivity contribution in [3.05, 3.63) is 16.6 Å². The molecule has 0 spiro atoms. The third kappa shape index (κ3) is 3.05. The first-order valence-corrected chi connectivity index (χ1v) is 9.14. The van der Waals surface area contributed by atoms with E-state index in [9.17, 15) is 4.79 Å². The predicted octanol–water partition coefficient (Wildman–Crippen LogP) is 2.19. The summed E-state index contributed by atoms with van der Waals surface area (Å²) in [6.07, 6.45) is 4.83. The molecule has 1 amide bonds. The maximum Gasteiger partial charge on any atom is 0.273 e. The Morgan fingerprint density at radius 3 is 3.00 bits per heavy atom. The summed E-state index contributed by atoms with van der Waals surface area (Å²) in [5.41, 5.74) is 2.29. The number of nitrogens with zero attached hydrogens (tertiary/aromatic N) is 2. The van der Waals surface area contributed by atoms with Gasteiger partial charge in [0.25, 0.3) is 5.91 Å². The Morgan fingerprint density at radius 2 is 2.23 bits per heavy atom. The van der Waals surface area contributed by atoms with E-state index in [1.807, 2.05) is 10.3 Å². The van der Waals surface area contributed by atoms with Gasteiger partial charge >= 0.3 is 0 Å². The maximum absolute atomic E-state index is 12.6. The van der Waals surface area contributed by atoms with Gasteiger partial charge in [-0.1, -0.05) is 0 Å². The fraction of sp³-hybridized carbons (Fsp3) is 0.750. The van der Waals surface area contributed by atoms with E-state index in [1.54, 1.807) is 5.51 Å². The number of morpholine rings is 1. The third-order valence-electron chi connectivity index (χ3n) is 4.95. The van der Waals surface area contributed by atoms with E-state index in [1.165, 1.54) is 24.2 Å². The largest absolute Gasteiger partial charge is 0.381 e. The first-order chi connectivity index (χ1) is 10.8. The summed E-state index contributed by atoms with van der Waals surface area (Å²) in [6, 6.07) is 0.192. The van der Waals surface area contributed by atoms with Crippen LogP contribution in [-0.4, -0.2) is 54.3 Å². The van der Waals surface area contributed by atoms with Gasteiger partial charge in [0.2, 0.25) is 0 Å². The van der Waals surface area contributed by atoms with Gasteiger partial charge in [-0.25, -0.2) is 4.98 Å². The van der Waals surface area contributed by atoms with Gasteiger partial charge in [-0.2, -0.15) is 0 Å². The molecule has 2 aliphatic carbocycles. The summed E-state index contributed by atoms with van der Waals surface area (Å²) in [5, 5.41) is 1.83. The summed E-state index contributed by atoms with van der Waals surface area (Å²) in [5.74, 6) is 1.37. The molecule has 1 aliphatic heterocycles. The van der Waals surface area contributed by atoms with Crippen LogP contribution in [0.2, 0.25) is 0 Å². The molecule has 2 heterocycles. The molecule has 1 saturated heterocycles. The number of carbonyl (C=O) groups is 1. The molecule has 0 bridgehead atoms. The van der Waals surface area contributed by atoms with Crippen LogP contribution in [0.3, 0.4) is 0 Å². The van der Waals surface area contributed by atoms with Gasteiger partial charge < -0.3 is 14.4 Å². The zero-order valence-electron chi connectivity index (χ0n) is 12.6. The van der Waals surface area contributed by atoms with Crippen LogP contribution in [0, 0.1) is 11.8 Å². The number of thiazole rings is 1. The standard InChI is InChI=1S/C16H22N2O3S/c19-16(13-9-22-10-17-13)18-3-4-21-15-6-12(5-14(15)18)8-20-7-11-1-2-11/h9-12,14-15H,1-8H2. The smallest absolute Gasteiger partial charge is 0.273 e. The molecule has 1 aromatic rings. The first kappa shape index (κ1) is 14.6. The molecular weight excluding hydrogens is 300 g/mol. The molecule has 2 saturated carbocycles. The number of hydrogen-bond donors (Lipinski definition) is 0. The second-order valence-electron chi connectivity index (χ2n) is 6.67. The van der Waals surface area contributed by atoms with Gasteiger partial charge in [0.15, 0.2) is 0 Å². The highest BCUT2D eigenvalue weighted by atomic mass is 32.1. The Balaban J connectivity index is 1.36. The monoisotopic (exact) mass is 322 g/mol. The van der Waals surface area contributed by atoms with Gasteiger partial charge in [0.05, 0.1) is 24.3 Å². The molecule has 22 heavy (non-hydrogen) atoms. The van der Waals surface area contributed by atoms with Crippen LogP contribution in [0.15, 0.2) is 10.9 Å². The van der Waals surface area contributed by atoms with Crippen molar-refractivity contribution in [2.45, 2.75) is 37.8 Å². The molecule has 5 nitrogen and oxygen atoms in total. The number of amides is 1. The Hall–Kier alpha value is -0.980. The van der Waals surface area contributed by atoms with E-state index in [4.69, 9.17) is 9.47 Å². The van der Waals surface area contributed by atoms with Gasteiger partial charge in [-0.05, 0) is 37.5 Å². The highest BCUT2D eigenvalue weighted by Crippen LogP contribution is 2.36. The van der Waals surface area contributed by atoms with Crippen LogP contribution >= 0.6 is 11.3 Å². The predicted molar refractivity (Wildman–Crippen MR) is 82.9 cm³/mol. The molecule has 1 aromatic heterocycles. The number of ether oxygens (including phenoxy) is 2. The molecule has 0 N–H and O–H groups in total. The van der Waals surface area contributed by atoms with Crippen molar-refractivity contribution in [1.82, 2.24) is 9.88 Å². The summed E-state index contributed by atoms with van der Waals surface area (Å²) < 4.78 is 11.7. The lowest BCUT2D eigenvalue weighted by Gasteiger charge is -2.37. The number of fused-ring (bicyclic) bond motifs is 1. The third-order valence-corrected chi connectivity index (χ3v) is 5.54. The van der Waals surface area contributed by atoms with Crippen LogP contribution in [0.5, 0.6) is 0 Å². The van der Waals surface area contributed by atoms with E-state index in [0.717, 1.165) is 32.0 Å². The van der Waals surface area contributed by atoms with E-state index in [2.05, 4.69) is 4.98 Å². The van der Waals surface area contributed by atoms with E-state index < -0.39 is 0 Å². The molecule has 3 fully saturated rings. The van der Waals surface area contributed by atoms with Gasteiger partial charge in [-0.3, -0.25) is 4.79 Å². The van der Waals surface area contributed by atoms with Crippen LogP contribution in [0.25, 0.3) is 0 Å². The zero-order valence-corrected chi connectivity index (χ0v) is 13.5. The molecule has 3 unspecified atom stereocenters. The average molecular weight is 322 g/mol. The molecule has 0 radical (unpaired) electrons. The Kier molecular flexibility index (Phi) is 4.15. The second kappa shape index (κ2) is 6.26. The molecule has 3 atom stereocenters. The lowest BCUT2D eigenvalue weighted by Crippen LogP contribution is -2.51. The quantitative estimate of drug-likeness (QED) is 0.834. The molecule has 0 aromatic carbocycles. The number of carbonyl (C=O) groups excluding carboxylic acids is 1. The van der Waals surface area contributed by atoms with Gasteiger partial charge in [-0.15, -0.1) is 11.3 Å². The topological polar surface area (TPSA) is 51.7 Å². The lowest BCUT2D eigenvalue weighted by atomic mass is 10.1. The van der Waals surface area contributed by atoms with E-state index in [0.29, 0.717) is 24.8 Å². The Labute approximate surface area is 134 Å².